The van der Waals surface area contributed by atoms with Crippen LogP contribution in [0.15, 0.2) is 35.7 Å². The number of carbonyl (C=O) groups is 1. The van der Waals surface area contributed by atoms with Gasteiger partial charge in [-0.15, -0.1) is 11.3 Å². The molecule has 0 spiro atoms. The largest absolute Gasteiger partial charge is 0.351 e. The van der Waals surface area contributed by atoms with Gasteiger partial charge in [-0.1, -0.05) is 37.3 Å². The lowest BCUT2D eigenvalue weighted by molar-refractivity contribution is -0.118. The Bertz CT molecular complexity index is 626. The van der Waals surface area contributed by atoms with Crippen molar-refractivity contribution in [3.63, 3.8) is 0 Å². The minimum atomic E-state index is -1.22. The van der Waals surface area contributed by atoms with E-state index in [1.165, 1.54) is 0 Å². The van der Waals surface area contributed by atoms with Crippen molar-refractivity contribution in [3.05, 3.63) is 52.0 Å². The van der Waals surface area contributed by atoms with Gasteiger partial charge < -0.3 is 5.32 Å². The van der Waals surface area contributed by atoms with Crippen molar-refractivity contribution in [2.45, 2.75) is 32.1 Å². The topological polar surface area (TPSA) is 59.1 Å². The Kier molecular flexibility index (Phi) is 6.74. The van der Waals surface area contributed by atoms with Gasteiger partial charge in [0.05, 0.1) is 16.5 Å². The first-order valence-electron chi connectivity index (χ1n) is 7.26. The zero-order valence-electron chi connectivity index (χ0n) is 12.6. The molecule has 0 aliphatic heterocycles. The first-order chi connectivity index (χ1) is 10.7. The molecule has 0 radical (unpaired) electrons. The third-order valence-corrected chi connectivity index (χ3v) is 5.16. The van der Waals surface area contributed by atoms with Crippen LogP contribution in [0.5, 0.6) is 0 Å². The summed E-state index contributed by atoms with van der Waals surface area (Å²) in [6.07, 6.45) is 2.01. The Hall–Kier alpha value is -1.53. The first-order valence-corrected chi connectivity index (χ1v) is 9.63. The molecule has 0 unspecified atom stereocenters. The molecule has 1 atom stereocenters. The molecule has 0 aliphatic carbocycles. The van der Waals surface area contributed by atoms with Gasteiger partial charge in [0.25, 0.3) is 0 Å². The number of aryl methyl sites for hydroxylation is 1. The first kappa shape index (κ1) is 16.8. The normalized spacial score (nSPS) is 12.0. The SMILES string of the molecule is CCCc1nc(C[S@](=O)CC(=O)NCc2ccccc2)cs1. The number of thiazole rings is 1. The molecule has 0 saturated heterocycles. The second kappa shape index (κ2) is 8.80. The van der Waals surface area contributed by atoms with E-state index in [1.54, 1.807) is 11.3 Å². The summed E-state index contributed by atoms with van der Waals surface area (Å²) < 4.78 is 12.0. The minimum Gasteiger partial charge on any atom is -0.351 e. The van der Waals surface area contributed by atoms with Crippen LogP contribution in [0.3, 0.4) is 0 Å². The number of nitrogens with one attached hydrogen (secondary N) is 1. The maximum absolute atomic E-state index is 12.0. The number of benzene rings is 1. The number of hydrogen-bond acceptors (Lipinski definition) is 4. The van der Waals surface area contributed by atoms with Crippen molar-refractivity contribution < 1.29 is 9.00 Å². The Labute approximate surface area is 137 Å². The minimum absolute atomic E-state index is 0.0213. The van der Waals surface area contributed by atoms with Crippen LogP contribution in [0.4, 0.5) is 0 Å². The van der Waals surface area contributed by atoms with Crippen LogP contribution in [0.1, 0.15) is 29.6 Å². The van der Waals surface area contributed by atoms with Crippen molar-refractivity contribution in [3.8, 4) is 0 Å². The second-order valence-corrected chi connectivity index (χ2v) is 7.37. The number of carbonyl (C=O) groups excluding carboxylic acids is 1. The number of aromatic nitrogens is 1. The van der Waals surface area contributed by atoms with E-state index in [4.69, 9.17) is 0 Å². The number of nitrogens with zero attached hydrogens (tertiary/aromatic N) is 1. The fourth-order valence-electron chi connectivity index (χ4n) is 1.95. The van der Waals surface area contributed by atoms with Gasteiger partial charge in [0, 0.05) is 22.7 Å². The van der Waals surface area contributed by atoms with E-state index in [2.05, 4.69) is 17.2 Å². The van der Waals surface area contributed by atoms with Gasteiger partial charge >= 0.3 is 0 Å². The highest BCUT2D eigenvalue weighted by Gasteiger charge is 2.11. The zero-order valence-corrected chi connectivity index (χ0v) is 14.2. The monoisotopic (exact) mass is 336 g/mol. The standard InChI is InChI=1S/C16H20N2O2S2/c1-2-6-16-18-14(10-21-16)11-22(20)12-15(19)17-9-13-7-4-3-5-8-13/h3-5,7-8,10H,2,6,9,11-12H2,1H3,(H,17,19)/t22-/m0/s1. The number of rotatable bonds is 8. The van der Waals surface area contributed by atoms with Crippen LogP contribution in [0.2, 0.25) is 0 Å². The molecule has 22 heavy (non-hydrogen) atoms. The summed E-state index contributed by atoms with van der Waals surface area (Å²) in [5.41, 5.74) is 1.85. The molecule has 6 heteroatoms. The smallest absolute Gasteiger partial charge is 0.232 e. The van der Waals surface area contributed by atoms with Crippen molar-refractivity contribution in [2.24, 2.45) is 0 Å². The molecule has 0 aliphatic rings. The van der Waals surface area contributed by atoms with Crippen molar-refractivity contribution in [1.82, 2.24) is 10.3 Å². The molecule has 4 nitrogen and oxygen atoms in total. The summed E-state index contributed by atoms with van der Waals surface area (Å²) in [6, 6.07) is 9.68. The molecule has 0 bridgehead atoms. The van der Waals surface area contributed by atoms with E-state index in [0.29, 0.717) is 12.3 Å². The van der Waals surface area contributed by atoms with E-state index in [9.17, 15) is 9.00 Å². The lowest BCUT2D eigenvalue weighted by Gasteiger charge is -2.05. The van der Waals surface area contributed by atoms with Gasteiger partial charge in [-0.05, 0) is 18.4 Å². The molecule has 0 fully saturated rings. The Morgan fingerprint density at radius 2 is 2.09 bits per heavy atom. The third-order valence-electron chi connectivity index (χ3n) is 3.00. The summed E-state index contributed by atoms with van der Waals surface area (Å²) in [4.78, 5) is 16.2. The maximum atomic E-state index is 12.0. The average molecular weight is 336 g/mol. The summed E-state index contributed by atoms with van der Waals surface area (Å²) in [5.74, 6) is 0.179. The molecule has 118 valence electrons. The van der Waals surface area contributed by atoms with Crippen molar-refractivity contribution in [1.29, 1.82) is 0 Å². The van der Waals surface area contributed by atoms with E-state index in [0.717, 1.165) is 29.1 Å². The summed E-state index contributed by atoms with van der Waals surface area (Å²) in [5, 5.41) is 5.80. The molecule has 0 saturated carbocycles. The maximum Gasteiger partial charge on any atom is 0.232 e. The Balaban J connectivity index is 1.75. The van der Waals surface area contributed by atoms with Crippen LogP contribution in [0, 0.1) is 0 Å². The molecule has 2 aromatic rings. The average Bonchev–Trinajstić information content (AvgIpc) is 2.93. The quantitative estimate of drug-likeness (QED) is 0.806. The van der Waals surface area contributed by atoms with Crippen molar-refractivity contribution in [2.75, 3.05) is 5.75 Å². The Morgan fingerprint density at radius 3 is 2.82 bits per heavy atom. The van der Waals surface area contributed by atoms with E-state index < -0.39 is 10.8 Å². The van der Waals surface area contributed by atoms with Gasteiger partial charge in [-0.3, -0.25) is 9.00 Å². The van der Waals surface area contributed by atoms with Crippen LogP contribution < -0.4 is 5.32 Å². The molecule has 1 aromatic heterocycles. The lowest BCUT2D eigenvalue weighted by Crippen LogP contribution is -2.28. The molecule has 1 amide bonds. The van der Waals surface area contributed by atoms with Gasteiger partial charge in [0.2, 0.25) is 5.91 Å². The highest BCUT2D eigenvalue weighted by atomic mass is 32.2. The summed E-state index contributed by atoms with van der Waals surface area (Å²) >= 11 is 1.60. The van der Waals surface area contributed by atoms with E-state index in [1.807, 2.05) is 35.7 Å². The predicted octanol–water partition coefficient (Wildman–Crippen LogP) is 2.66. The van der Waals surface area contributed by atoms with Crippen LogP contribution in [-0.2, 0) is 34.3 Å². The van der Waals surface area contributed by atoms with Crippen molar-refractivity contribution >= 4 is 28.0 Å². The highest BCUT2D eigenvalue weighted by Crippen LogP contribution is 2.13. The van der Waals surface area contributed by atoms with Gasteiger partial charge in [0.15, 0.2) is 0 Å². The highest BCUT2D eigenvalue weighted by molar-refractivity contribution is 7.84. The molecule has 2 rings (SSSR count). The number of amides is 1. The zero-order chi connectivity index (χ0) is 15.8. The van der Waals surface area contributed by atoms with E-state index in [-0.39, 0.29) is 11.7 Å². The molecular formula is C16H20N2O2S2. The summed E-state index contributed by atoms with van der Waals surface area (Å²) in [7, 11) is -1.22. The van der Waals surface area contributed by atoms with Crippen LogP contribution >= 0.6 is 11.3 Å². The van der Waals surface area contributed by atoms with Gasteiger partial charge in [0.1, 0.15) is 5.75 Å². The second-order valence-electron chi connectivity index (χ2n) is 4.97. The van der Waals surface area contributed by atoms with Crippen LogP contribution in [0.25, 0.3) is 0 Å². The lowest BCUT2D eigenvalue weighted by atomic mass is 10.2. The Morgan fingerprint density at radius 1 is 1.32 bits per heavy atom. The van der Waals surface area contributed by atoms with E-state index >= 15 is 0 Å². The van der Waals surface area contributed by atoms with Gasteiger partial charge in [-0.25, -0.2) is 4.98 Å². The molecule has 1 heterocycles. The van der Waals surface area contributed by atoms with Gasteiger partial charge in [-0.2, -0.15) is 0 Å². The van der Waals surface area contributed by atoms with Crippen LogP contribution in [-0.4, -0.2) is 20.9 Å². The fourth-order valence-corrected chi connectivity index (χ4v) is 3.93. The number of hydrogen-bond donors (Lipinski definition) is 1. The molecule has 1 aromatic carbocycles. The molecule has 1 N–H and O–H groups in total. The predicted molar refractivity (Wildman–Crippen MR) is 91.1 cm³/mol. The summed E-state index contributed by atoms with van der Waals surface area (Å²) in [6.45, 7) is 2.57. The molecular weight excluding hydrogens is 316 g/mol. The third kappa shape index (κ3) is 5.69. The fraction of sp³-hybridized carbons (Fsp3) is 0.375.